The number of benzene rings is 3. The molecule has 0 aliphatic heterocycles. The molecule has 176 valence electrons. The van der Waals surface area contributed by atoms with E-state index >= 15 is 0 Å². The molecule has 0 radical (unpaired) electrons. The number of carbonyl (C=O) groups is 3. The highest BCUT2D eigenvalue weighted by atomic mass is 32.1. The van der Waals surface area contributed by atoms with E-state index in [4.69, 9.17) is 12.2 Å². The molecule has 0 fully saturated rings. The van der Waals surface area contributed by atoms with Gasteiger partial charge in [-0.15, -0.1) is 0 Å². The van der Waals surface area contributed by atoms with E-state index in [0.717, 1.165) is 0 Å². The third-order valence-electron chi connectivity index (χ3n) is 4.50. The summed E-state index contributed by atoms with van der Waals surface area (Å²) in [6.45, 7) is 0. The van der Waals surface area contributed by atoms with Crippen LogP contribution in [-0.2, 0) is 4.79 Å². The number of carbonyl (C=O) groups excluding carboxylic acids is 3. The van der Waals surface area contributed by atoms with E-state index in [0.29, 0.717) is 22.4 Å². The summed E-state index contributed by atoms with van der Waals surface area (Å²) in [6.07, 6.45) is 2.65. The second kappa shape index (κ2) is 11.8. The van der Waals surface area contributed by atoms with Gasteiger partial charge in [0.1, 0.15) is 0 Å². The molecule has 0 aliphatic carbocycles. The van der Waals surface area contributed by atoms with Crippen molar-refractivity contribution in [3.05, 3.63) is 112 Å². The van der Waals surface area contributed by atoms with Crippen molar-refractivity contribution in [2.45, 2.75) is 0 Å². The molecule has 3 aromatic rings. The lowest BCUT2D eigenvalue weighted by Gasteiger charge is -2.10. The van der Waals surface area contributed by atoms with Gasteiger partial charge in [-0.2, -0.15) is 0 Å². The lowest BCUT2D eigenvalue weighted by Crippen LogP contribution is -2.48. The molecule has 0 saturated carbocycles. The fourth-order valence-electron chi connectivity index (χ4n) is 2.75. The zero-order valence-corrected chi connectivity index (χ0v) is 18.9. The van der Waals surface area contributed by atoms with Gasteiger partial charge in [0.25, 0.3) is 17.5 Å². The highest BCUT2D eigenvalue weighted by Crippen LogP contribution is 2.13. The van der Waals surface area contributed by atoms with Crippen LogP contribution in [0, 0.1) is 10.1 Å². The molecule has 0 unspecified atom stereocenters. The van der Waals surface area contributed by atoms with E-state index in [2.05, 4.69) is 21.5 Å². The number of nitro benzene ring substituents is 1. The lowest BCUT2D eigenvalue weighted by molar-refractivity contribution is -0.384. The minimum absolute atomic E-state index is 0.0562. The zero-order valence-electron chi connectivity index (χ0n) is 18.1. The number of nitro groups is 1. The number of nitrogens with one attached hydrogen (secondary N) is 4. The second-order valence-corrected chi connectivity index (χ2v) is 7.39. The Morgan fingerprint density at radius 1 is 0.800 bits per heavy atom. The fraction of sp³-hybridized carbons (Fsp3) is 0. The van der Waals surface area contributed by atoms with Crippen molar-refractivity contribution in [3.63, 3.8) is 0 Å². The number of anilines is 1. The molecule has 0 aliphatic rings. The van der Waals surface area contributed by atoms with Gasteiger partial charge in [-0.05, 0) is 72.4 Å². The van der Waals surface area contributed by atoms with E-state index < -0.39 is 16.7 Å². The standard InChI is InChI=1S/C24H19N5O5S/c30-21(15-8-16-6-13-20(14-7-16)29(33)34)26-24(35)28-27-23(32)18-9-11-19(12-10-18)25-22(31)17-4-2-1-3-5-17/h1-15H,(H,25,31)(H,27,32)(H2,26,28,30,35)/b15-8+. The summed E-state index contributed by atoms with van der Waals surface area (Å²) >= 11 is 4.98. The Balaban J connectivity index is 1.44. The quantitative estimate of drug-likeness (QED) is 0.180. The molecule has 0 saturated heterocycles. The van der Waals surface area contributed by atoms with Gasteiger partial charge >= 0.3 is 0 Å². The third kappa shape index (κ3) is 7.58. The predicted molar refractivity (Wildman–Crippen MR) is 134 cm³/mol. The maximum Gasteiger partial charge on any atom is 0.269 e. The monoisotopic (exact) mass is 489 g/mol. The first-order chi connectivity index (χ1) is 16.8. The number of hydrogen-bond donors (Lipinski definition) is 4. The van der Waals surface area contributed by atoms with Crippen LogP contribution in [0.1, 0.15) is 26.3 Å². The summed E-state index contributed by atoms with van der Waals surface area (Å²) in [6, 6.07) is 20.6. The molecule has 3 amide bonds. The van der Waals surface area contributed by atoms with Gasteiger partial charge in [-0.3, -0.25) is 40.7 Å². The Hall–Kier alpha value is -4.90. The largest absolute Gasteiger partial charge is 0.322 e. The van der Waals surface area contributed by atoms with Crippen molar-refractivity contribution in [2.24, 2.45) is 0 Å². The minimum Gasteiger partial charge on any atom is -0.322 e. The normalized spacial score (nSPS) is 10.3. The highest BCUT2D eigenvalue weighted by molar-refractivity contribution is 7.80. The van der Waals surface area contributed by atoms with E-state index in [1.807, 2.05) is 6.07 Å². The molecule has 0 spiro atoms. The average molecular weight is 490 g/mol. The summed E-state index contributed by atoms with van der Waals surface area (Å²) in [5.41, 5.74) is 6.63. The Morgan fingerprint density at radius 3 is 2.06 bits per heavy atom. The van der Waals surface area contributed by atoms with Crippen molar-refractivity contribution in [1.82, 2.24) is 16.2 Å². The molecule has 11 heteroatoms. The fourth-order valence-corrected chi connectivity index (χ4v) is 2.90. The lowest BCUT2D eigenvalue weighted by atomic mass is 10.2. The first kappa shape index (κ1) is 24.7. The molecule has 4 N–H and O–H groups in total. The topological polar surface area (TPSA) is 142 Å². The number of amides is 3. The van der Waals surface area contributed by atoms with Crippen molar-refractivity contribution < 1.29 is 19.3 Å². The first-order valence-electron chi connectivity index (χ1n) is 10.1. The van der Waals surface area contributed by atoms with E-state index in [9.17, 15) is 24.5 Å². The zero-order chi connectivity index (χ0) is 25.2. The SMILES string of the molecule is O=C(/C=C/c1ccc([N+](=O)[O-])cc1)NC(=S)NNC(=O)c1ccc(NC(=O)c2ccccc2)cc1. The Morgan fingerprint density at radius 2 is 1.43 bits per heavy atom. The van der Waals surface area contributed by atoms with Gasteiger partial charge in [-0.1, -0.05) is 18.2 Å². The Kier molecular flexibility index (Phi) is 8.35. The van der Waals surface area contributed by atoms with Gasteiger partial charge < -0.3 is 5.32 Å². The van der Waals surface area contributed by atoms with Gasteiger partial charge in [0.05, 0.1) is 4.92 Å². The van der Waals surface area contributed by atoms with Crippen LogP contribution in [-0.4, -0.2) is 27.8 Å². The summed E-state index contributed by atoms with van der Waals surface area (Å²) in [4.78, 5) is 46.6. The van der Waals surface area contributed by atoms with Crippen molar-refractivity contribution >= 4 is 52.5 Å². The van der Waals surface area contributed by atoms with Crippen LogP contribution in [0.25, 0.3) is 6.08 Å². The van der Waals surface area contributed by atoms with E-state index in [-0.39, 0.29) is 16.7 Å². The summed E-state index contributed by atoms with van der Waals surface area (Å²) in [5, 5.41) is 15.6. The summed E-state index contributed by atoms with van der Waals surface area (Å²) < 4.78 is 0. The van der Waals surface area contributed by atoms with Crippen LogP contribution < -0.4 is 21.5 Å². The van der Waals surface area contributed by atoms with Crippen LogP contribution in [0.15, 0.2) is 84.9 Å². The Labute approximate surface area is 205 Å². The first-order valence-corrected chi connectivity index (χ1v) is 10.5. The van der Waals surface area contributed by atoms with Crippen LogP contribution in [0.2, 0.25) is 0 Å². The van der Waals surface area contributed by atoms with Gasteiger partial charge in [-0.25, -0.2) is 0 Å². The van der Waals surface area contributed by atoms with E-state index in [1.54, 1.807) is 36.4 Å². The number of hydrazine groups is 1. The molecule has 0 bridgehead atoms. The summed E-state index contributed by atoms with van der Waals surface area (Å²) in [7, 11) is 0. The van der Waals surface area contributed by atoms with Crippen LogP contribution >= 0.6 is 12.2 Å². The average Bonchev–Trinajstić information content (AvgIpc) is 2.87. The molecule has 0 aromatic heterocycles. The molecule has 35 heavy (non-hydrogen) atoms. The molecule has 0 atom stereocenters. The molecule has 0 heterocycles. The van der Waals surface area contributed by atoms with Gasteiger partial charge in [0.15, 0.2) is 5.11 Å². The number of non-ortho nitro benzene ring substituents is 1. The molecular formula is C24H19N5O5S. The van der Waals surface area contributed by atoms with Crippen molar-refractivity contribution in [3.8, 4) is 0 Å². The molecule has 3 aromatic carbocycles. The maximum absolute atomic E-state index is 12.3. The Bertz CT molecular complexity index is 1280. The summed E-state index contributed by atoms with van der Waals surface area (Å²) in [5.74, 6) is -1.34. The number of hydrogen-bond acceptors (Lipinski definition) is 6. The van der Waals surface area contributed by atoms with Crippen molar-refractivity contribution in [1.29, 1.82) is 0 Å². The maximum atomic E-state index is 12.3. The third-order valence-corrected chi connectivity index (χ3v) is 4.70. The van der Waals surface area contributed by atoms with Gasteiger partial charge in [0, 0.05) is 35.0 Å². The van der Waals surface area contributed by atoms with E-state index in [1.165, 1.54) is 48.6 Å². The van der Waals surface area contributed by atoms with Crippen molar-refractivity contribution in [2.75, 3.05) is 5.32 Å². The molecular weight excluding hydrogens is 470 g/mol. The van der Waals surface area contributed by atoms with Crippen LogP contribution in [0.4, 0.5) is 11.4 Å². The smallest absolute Gasteiger partial charge is 0.269 e. The number of rotatable bonds is 6. The predicted octanol–water partition coefficient (Wildman–Crippen LogP) is 3.20. The van der Waals surface area contributed by atoms with Gasteiger partial charge in [0.2, 0.25) is 5.91 Å². The minimum atomic E-state index is -0.561. The number of thiocarbonyl (C=S) groups is 1. The van der Waals surface area contributed by atoms with Crippen LogP contribution in [0.3, 0.4) is 0 Å². The second-order valence-electron chi connectivity index (χ2n) is 6.98. The molecule has 3 rings (SSSR count). The van der Waals surface area contributed by atoms with Crippen LogP contribution in [0.5, 0.6) is 0 Å². The number of nitrogens with zero attached hydrogens (tertiary/aromatic N) is 1. The highest BCUT2D eigenvalue weighted by Gasteiger charge is 2.09. The molecule has 10 nitrogen and oxygen atoms in total.